The predicted molar refractivity (Wildman–Crippen MR) is 80.2 cm³/mol. The zero-order chi connectivity index (χ0) is 13.9. The Bertz CT molecular complexity index is 731. The molecular weight excluding hydrogens is 250 g/mol. The van der Waals surface area contributed by atoms with E-state index < -0.39 is 0 Å². The fourth-order valence-electron chi connectivity index (χ4n) is 2.33. The first kappa shape index (κ1) is 12.6. The summed E-state index contributed by atoms with van der Waals surface area (Å²) in [7, 11) is 3.72. The molecule has 1 heterocycles. The lowest BCUT2D eigenvalue weighted by molar-refractivity contribution is 0.295. The largest absolute Gasteiger partial charge is 0.497 e. The van der Waals surface area contributed by atoms with Crippen LogP contribution in [0.4, 0.5) is 0 Å². The van der Waals surface area contributed by atoms with Gasteiger partial charge in [0.05, 0.1) is 12.8 Å². The third-order valence-electron chi connectivity index (χ3n) is 3.48. The molecule has 0 amide bonds. The van der Waals surface area contributed by atoms with Gasteiger partial charge in [0.1, 0.15) is 18.1 Å². The molecule has 3 heteroatoms. The SMILES string of the molecule is COc1cccc(OCc2cc3ccccc3n2C)c1. The molecule has 0 aliphatic carbocycles. The second kappa shape index (κ2) is 5.29. The molecule has 20 heavy (non-hydrogen) atoms. The highest BCUT2D eigenvalue weighted by molar-refractivity contribution is 5.81. The molecule has 0 bridgehead atoms. The van der Waals surface area contributed by atoms with Gasteiger partial charge in [0.15, 0.2) is 0 Å². The summed E-state index contributed by atoms with van der Waals surface area (Å²) in [5.74, 6) is 1.62. The van der Waals surface area contributed by atoms with E-state index in [0.29, 0.717) is 6.61 Å². The van der Waals surface area contributed by atoms with Gasteiger partial charge in [-0.1, -0.05) is 24.3 Å². The first-order chi connectivity index (χ1) is 9.78. The van der Waals surface area contributed by atoms with E-state index in [9.17, 15) is 0 Å². The Labute approximate surface area is 118 Å². The van der Waals surface area contributed by atoms with E-state index >= 15 is 0 Å². The van der Waals surface area contributed by atoms with Gasteiger partial charge in [0.2, 0.25) is 0 Å². The van der Waals surface area contributed by atoms with E-state index in [1.165, 1.54) is 10.9 Å². The van der Waals surface area contributed by atoms with E-state index in [1.807, 2.05) is 24.3 Å². The van der Waals surface area contributed by atoms with Gasteiger partial charge in [0.25, 0.3) is 0 Å². The number of methoxy groups -OCH3 is 1. The Morgan fingerprint density at radius 1 is 0.950 bits per heavy atom. The number of nitrogens with zero attached hydrogens (tertiary/aromatic N) is 1. The highest BCUT2D eigenvalue weighted by Crippen LogP contribution is 2.22. The summed E-state index contributed by atoms with van der Waals surface area (Å²) in [4.78, 5) is 0. The Morgan fingerprint density at radius 3 is 2.55 bits per heavy atom. The van der Waals surface area contributed by atoms with Crippen LogP contribution in [0.2, 0.25) is 0 Å². The lowest BCUT2D eigenvalue weighted by atomic mass is 10.2. The number of ether oxygens (including phenoxy) is 2. The molecule has 0 radical (unpaired) electrons. The van der Waals surface area contributed by atoms with E-state index in [4.69, 9.17) is 9.47 Å². The molecule has 0 saturated carbocycles. The Balaban J connectivity index is 1.81. The van der Waals surface area contributed by atoms with Gasteiger partial charge in [-0.05, 0) is 29.7 Å². The summed E-state index contributed by atoms with van der Waals surface area (Å²) < 4.78 is 13.2. The summed E-state index contributed by atoms with van der Waals surface area (Å²) in [6, 6.07) is 18.2. The molecule has 0 spiro atoms. The fourth-order valence-corrected chi connectivity index (χ4v) is 2.33. The van der Waals surface area contributed by atoms with Gasteiger partial charge in [0, 0.05) is 18.6 Å². The van der Waals surface area contributed by atoms with Crippen LogP contribution in [0.5, 0.6) is 11.5 Å². The van der Waals surface area contributed by atoms with Crippen LogP contribution >= 0.6 is 0 Å². The van der Waals surface area contributed by atoms with Crippen molar-refractivity contribution in [2.24, 2.45) is 7.05 Å². The van der Waals surface area contributed by atoms with Gasteiger partial charge in [-0.15, -0.1) is 0 Å². The molecular formula is C17H17NO2. The Kier molecular flexibility index (Phi) is 3.33. The standard InChI is InChI=1S/C17H17NO2/c1-18-14(10-13-6-3-4-9-17(13)18)12-20-16-8-5-7-15(11-16)19-2/h3-11H,12H2,1-2H3. The first-order valence-corrected chi connectivity index (χ1v) is 6.58. The van der Waals surface area contributed by atoms with Crippen molar-refractivity contribution < 1.29 is 9.47 Å². The van der Waals surface area contributed by atoms with Crippen LogP contribution in [-0.4, -0.2) is 11.7 Å². The van der Waals surface area contributed by atoms with Gasteiger partial charge >= 0.3 is 0 Å². The quantitative estimate of drug-likeness (QED) is 0.718. The van der Waals surface area contributed by atoms with Gasteiger partial charge in [-0.25, -0.2) is 0 Å². The second-order valence-corrected chi connectivity index (χ2v) is 4.72. The van der Waals surface area contributed by atoms with Gasteiger partial charge in [-0.3, -0.25) is 0 Å². The summed E-state index contributed by atoms with van der Waals surface area (Å²) >= 11 is 0. The maximum atomic E-state index is 5.84. The minimum absolute atomic E-state index is 0.540. The van der Waals surface area contributed by atoms with E-state index in [0.717, 1.165) is 17.2 Å². The maximum absolute atomic E-state index is 5.84. The Morgan fingerprint density at radius 2 is 1.75 bits per heavy atom. The third kappa shape index (κ3) is 2.35. The number of aromatic nitrogens is 1. The molecule has 0 unspecified atom stereocenters. The number of hydrogen-bond donors (Lipinski definition) is 0. The zero-order valence-corrected chi connectivity index (χ0v) is 11.7. The van der Waals surface area contributed by atoms with Crippen LogP contribution in [0, 0.1) is 0 Å². The fraction of sp³-hybridized carbons (Fsp3) is 0.176. The van der Waals surface area contributed by atoms with E-state index in [-0.39, 0.29) is 0 Å². The average Bonchev–Trinajstić information content (AvgIpc) is 2.82. The second-order valence-electron chi connectivity index (χ2n) is 4.72. The summed E-state index contributed by atoms with van der Waals surface area (Å²) in [5, 5.41) is 1.24. The lowest BCUT2D eigenvalue weighted by Gasteiger charge is -2.08. The smallest absolute Gasteiger partial charge is 0.128 e. The molecule has 0 N–H and O–H groups in total. The molecule has 3 rings (SSSR count). The molecule has 0 aliphatic rings. The molecule has 0 saturated heterocycles. The van der Waals surface area contributed by atoms with Crippen molar-refractivity contribution in [3.8, 4) is 11.5 Å². The monoisotopic (exact) mass is 267 g/mol. The van der Waals surface area contributed by atoms with Crippen molar-refractivity contribution >= 4 is 10.9 Å². The van der Waals surface area contributed by atoms with Crippen molar-refractivity contribution in [2.75, 3.05) is 7.11 Å². The van der Waals surface area contributed by atoms with Crippen LogP contribution in [0.25, 0.3) is 10.9 Å². The van der Waals surface area contributed by atoms with E-state index in [2.05, 4.69) is 41.9 Å². The van der Waals surface area contributed by atoms with Crippen LogP contribution in [0.15, 0.2) is 54.6 Å². The van der Waals surface area contributed by atoms with Crippen LogP contribution in [-0.2, 0) is 13.7 Å². The molecule has 0 atom stereocenters. The molecule has 0 fully saturated rings. The summed E-state index contributed by atoms with van der Waals surface area (Å²) in [6.45, 7) is 0.540. The topological polar surface area (TPSA) is 23.4 Å². The number of aryl methyl sites for hydroxylation is 1. The zero-order valence-electron chi connectivity index (χ0n) is 11.7. The average molecular weight is 267 g/mol. The van der Waals surface area contributed by atoms with Crippen molar-refractivity contribution in [3.05, 3.63) is 60.3 Å². The lowest BCUT2D eigenvalue weighted by Crippen LogP contribution is -2.01. The molecule has 1 aromatic heterocycles. The van der Waals surface area contributed by atoms with Crippen LogP contribution < -0.4 is 9.47 Å². The maximum Gasteiger partial charge on any atom is 0.128 e. The number of fused-ring (bicyclic) bond motifs is 1. The normalized spacial score (nSPS) is 10.7. The van der Waals surface area contributed by atoms with E-state index in [1.54, 1.807) is 7.11 Å². The number of benzene rings is 2. The van der Waals surface area contributed by atoms with Gasteiger partial charge < -0.3 is 14.0 Å². The first-order valence-electron chi connectivity index (χ1n) is 6.58. The number of rotatable bonds is 4. The van der Waals surface area contributed by atoms with Crippen molar-refractivity contribution in [3.63, 3.8) is 0 Å². The summed E-state index contributed by atoms with van der Waals surface area (Å²) in [5.41, 5.74) is 2.37. The number of hydrogen-bond acceptors (Lipinski definition) is 2. The van der Waals surface area contributed by atoms with Crippen LogP contribution in [0.1, 0.15) is 5.69 Å². The van der Waals surface area contributed by atoms with Crippen LogP contribution in [0.3, 0.4) is 0 Å². The van der Waals surface area contributed by atoms with Crippen molar-refractivity contribution in [1.82, 2.24) is 4.57 Å². The number of para-hydroxylation sites is 1. The van der Waals surface area contributed by atoms with Crippen molar-refractivity contribution in [2.45, 2.75) is 6.61 Å². The molecule has 2 aromatic carbocycles. The molecule has 102 valence electrons. The minimum atomic E-state index is 0.540. The predicted octanol–water partition coefficient (Wildman–Crippen LogP) is 3.77. The highest BCUT2D eigenvalue weighted by atomic mass is 16.5. The highest BCUT2D eigenvalue weighted by Gasteiger charge is 2.06. The molecule has 3 aromatic rings. The minimum Gasteiger partial charge on any atom is -0.497 e. The summed E-state index contributed by atoms with van der Waals surface area (Å²) in [6.07, 6.45) is 0. The third-order valence-corrected chi connectivity index (χ3v) is 3.48. The Hall–Kier alpha value is -2.42. The molecule has 3 nitrogen and oxygen atoms in total. The van der Waals surface area contributed by atoms with Crippen molar-refractivity contribution in [1.29, 1.82) is 0 Å². The molecule has 0 aliphatic heterocycles. The van der Waals surface area contributed by atoms with Gasteiger partial charge in [-0.2, -0.15) is 0 Å².